The second-order valence-electron chi connectivity index (χ2n) is 4.65. The summed E-state index contributed by atoms with van der Waals surface area (Å²) in [6.07, 6.45) is 1.52. The van der Waals surface area contributed by atoms with E-state index in [9.17, 15) is 4.79 Å². The van der Waals surface area contributed by atoms with Crippen molar-refractivity contribution in [3.05, 3.63) is 46.5 Å². The van der Waals surface area contributed by atoms with Gasteiger partial charge in [-0.1, -0.05) is 42.3 Å². The van der Waals surface area contributed by atoms with E-state index in [-0.39, 0.29) is 34.2 Å². The molecule has 0 fully saturated rings. The number of nitrogens with zero attached hydrogens (tertiary/aromatic N) is 2. The number of hydrogen-bond acceptors (Lipinski definition) is 4. The van der Waals surface area contributed by atoms with Crippen molar-refractivity contribution in [2.24, 2.45) is 0 Å². The van der Waals surface area contributed by atoms with Gasteiger partial charge in [0.1, 0.15) is 12.0 Å². The minimum Gasteiger partial charge on any atom is -0.399 e. The predicted molar refractivity (Wildman–Crippen MR) is 84.6 cm³/mol. The number of halogens is 2. The van der Waals surface area contributed by atoms with Crippen LogP contribution in [0.3, 0.4) is 0 Å². The number of hydrogen-bond donors (Lipinski definition) is 2. The van der Waals surface area contributed by atoms with Gasteiger partial charge in [-0.3, -0.25) is 4.79 Å². The molecule has 2 aromatic rings. The molecular formula is C14H14Cl2N4O. The van der Waals surface area contributed by atoms with Crippen LogP contribution < -0.4 is 11.1 Å². The number of anilines is 2. The smallest absolute Gasteiger partial charge is 0.225 e. The average Bonchev–Trinajstić information content (AvgIpc) is 2.43. The van der Waals surface area contributed by atoms with E-state index >= 15 is 0 Å². The fourth-order valence-corrected chi connectivity index (χ4v) is 2.27. The van der Waals surface area contributed by atoms with Crippen LogP contribution in [0.2, 0.25) is 10.3 Å². The Morgan fingerprint density at radius 3 is 2.38 bits per heavy atom. The maximum Gasteiger partial charge on any atom is 0.225 e. The lowest BCUT2D eigenvalue weighted by atomic mass is 9.97. The second-order valence-corrected chi connectivity index (χ2v) is 5.37. The first-order valence-corrected chi connectivity index (χ1v) is 7.04. The van der Waals surface area contributed by atoms with Gasteiger partial charge in [-0.05, 0) is 23.6 Å². The molecule has 0 radical (unpaired) electrons. The van der Waals surface area contributed by atoms with E-state index < -0.39 is 0 Å². The van der Waals surface area contributed by atoms with E-state index in [0.29, 0.717) is 5.69 Å². The Labute approximate surface area is 132 Å². The number of amides is 1. The molecular weight excluding hydrogens is 311 g/mol. The van der Waals surface area contributed by atoms with Gasteiger partial charge in [0.15, 0.2) is 10.3 Å². The maximum atomic E-state index is 12.1. The topological polar surface area (TPSA) is 80.9 Å². The molecule has 7 heteroatoms. The molecule has 3 N–H and O–H groups in total. The van der Waals surface area contributed by atoms with Crippen LogP contribution in [0.5, 0.6) is 0 Å². The normalized spacial score (nSPS) is 12.0. The lowest BCUT2D eigenvalue weighted by Crippen LogP contribution is -2.15. The van der Waals surface area contributed by atoms with E-state index in [1.54, 1.807) is 0 Å². The first kappa shape index (κ1) is 15.5. The van der Waals surface area contributed by atoms with E-state index in [0.717, 1.165) is 5.56 Å². The van der Waals surface area contributed by atoms with E-state index in [1.807, 2.05) is 31.2 Å². The van der Waals surface area contributed by atoms with E-state index in [2.05, 4.69) is 15.3 Å². The monoisotopic (exact) mass is 324 g/mol. The number of nitrogen functional groups attached to an aromatic ring is 1. The summed E-state index contributed by atoms with van der Waals surface area (Å²) in [4.78, 5) is 19.6. The number of nitrogens with two attached hydrogens (primary N) is 1. The number of nitrogens with one attached hydrogen (secondary N) is 1. The van der Waals surface area contributed by atoms with Crippen LogP contribution in [-0.2, 0) is 4.79 Å². The highest BCUT2D eigenvalue weighted by Gasteiger charge is 2.15. The van der Waals surface area contributed by atoms with Gasteiger partial charge in [0.25, 0.3) is 0 Å². The molecule has 1 aromatic carbocycles. The SMILES string of the molecule is CC(CC(=O)Nc1c(Cl)ncnc1Cl)c1ccc(N)cc1. The third kappa shape index (κ3) is 4.06. The van der Waals surface area contributed by atoms with Crippen molar-refractivity contribution in [2.75, 3.05) is 11.1 Å². The van der Waals surface area contributed by atoms with Gasteiger partial charge in [0.2, 0.25) is 5.91 Å². The highest BCUT2D eigenvalue weighted by Crippen LogP contribution is 2.27. The van der Waals surface area contributed by atoms with E-state index in [4.69, 9.17) is 28.9 Å². The summed E-state index contributed by atoms with van der Waals surface area (Å²) in [5.41, 5.74) is 7.59. The van der Waals surface area contributed by atoms with Crippen LogP contribution in [0.4, 0.5) is 11.4 Å². The van der Waals surface area contributed by atoms with Crippen LogP contribution in [0.1, 0.15) is 24.8 Å². The summed E-state index contributed by atoms with van der Waals surface area (Å²) >= 11 is 11.8. The molecule has 1 heterocycles. The third-order valence-electron chi connectivity index (χ3n) is 3.02. The summed E-state index contributed by atoms with van der Waals surface area (Å²) in [5, 5.41) is 2.87. The molecule has 21 heavy (non-hydrogen) atoms. The summed E-state index contributed by atoms with van der Waals surface area (Å²) in [5.74, 6) is -0.175. The molecule has 0 saturated carbocycles. The predicted octanol–water partition coefficient (Wildman–Crippen LogP) is 3.50. The summed E-state index contributed by atoms with van der Waals surface area (Å²) in [6.45, 7) is 1.95. The minimum atomic E-state index is -0.210. The number of aromatic nitrogens is 2. The van der Waals surface area contributed by atoms with Crippen molar-refractivity contribution in [3.8, 4) is 0 Å². The largest absolute Gasteiger partial charge is 0.399 e. The molecule has 5 nitrogen and oxygen atoms in total. The summed E-state index contributed by atoms with van der Waals surface area (Å²) in [6, 6.07) is 7.42. The zero-order valence-electron chi connectivity index (χ0n) is 11.3. The third-order valence-corrected chi connectivity index (χ3v) is 3.59. The summed E-state index contributed by atoms with van der Waals surface area (Å²) in [7, 11) is 0. The van der Waals surface area contributed by atoms with Crippen LogP contribution in [0.25, 0.3) is 0 Å². The number of carbonyl (C=O) groups is 1. The van der Waals surface area contributed by atoms with Crippen LogP contribution in [0, 0.1) is 0 Å². The van der Waals surface area contributed by atoms with Gasteiger partial charge in [-0.25, -0.2) is 9.97 Å². The van der Waals surface area contributed by atoms with Gasteiger partial charge >= 0.3 is 0 Å². The Kier molecular flexibility index (Phi) is 4.98. The van der Waals surface area contributed by atoms with Crippen LogP contribution in [-0.4, -0.2) is 15.9 Å². The number of rotatable bonds is 4. The lowest BCUT2D eigenvalue weighted by Gasteiger charge is -2.13. The first-order chi connectivity index (χ1) is 9.97. The first-order valence-electron chi connectivity index (χ1n) is 6.28. The molecule has 0 bridgehead atoms. The standard InChI is InChI=1S/C14H14Cl2N4O/c1-8(9-2-4-10(17)5-3-9)6-11(21)20-12-13(15)18-7-19-14(12)16/h2-5,7-8H,6,17H2,1H3,(H,20,21). The highest BCUT2D eigenvalue weighted by molar-refractivity contribution is 6.38. The van der Waals surface area contributed by atoms with E-state index in [1.165, 1.54) is 6.33 Å². The fraction of sp³-hybridized carbons (Fsp3) is 0.214. The Bertz CT molecular complexity index is 626. The molecule has 1 atom stereocenters. The quantitative estimate of drug-likeness (QED) is 0.666. The molecule has 0 aliphatic heterocycles. The van der Waals surface area contributed by atoms with Crippen molar-refractivity contribution in [1.29, 1.82) is 0 Å². The highest BCUT2D eigenvalue weighted by atomic mass is 35.5. The molecule has 0 spiro atoms. The zero-order chi connectivity index (χ0) is 15.4. The van der Waals surface area contributed by atoms with Gasteiger partial charge in [-0.2, -0.15) is 0 Å². The van der Waals surface area contributed by atoms with Gasteiger partial charge in [0.05, 0.1) is 0 Å². The molecule has 110 valence electrons. The van der Waals surface area contributed by atoms with Crippen LogP contribution in [0.15, 0.2) is 30.6 Å². The van der Waals surface area contributed by atoms with Crippen molar-refractivity contribution in [1.82, 2.24) is 9.97 Å². The molecule has 0 aliphatic rings. The Balaban J connectivity index is 2.03. The van der Waals surface area contributed by atoms with Gasteiger partial charge in [0, 0.05) is 12.1 Å². The molecule has 1 aromatic heterocycles. The lowest BCUT2D eigenvalue weighted by molar-refractivity contribution is -0.116. The van der Waals surface area contributed by atoms with Crippen LogP contribution >= 0.6 is 23.2 Å². The van der Waals surface area contributed by atoms with Crippen molar-refractivity contribution in [2.45, 2.75) is 19.3 Å². The molecule has 1 unspecified atom stereocenters. The number of benzene rings is 1. The van der Waals surface area contributed by atoms with Gasteiger partial charge in [-0.15, -0.1) is 0 Å². The molecule has 1 amide bonds. The Morgan fingerprint density at radius 2 is 1.81 bits per heavy atom. The molecule has 0 saturated heterocycles. The Hall–Kier alpha value is -1.85. The van der Waals surface area contributed by atoms with Crippen molar-refractivity contribution in [3.63, 3.8) is 0 Å². The van der Waals surface area contributed by atoms with Crippen molar-refractivity contribution >= 4 is 40.5 Å². The van der Waals surface area contributed by atoms with Crippen molar-refractivity contribution < 1.29 is 4.79 Å². The fourth-order valence-electron chi connectivity index (χ4n) is 1.86. The average molecular weight is 325 g/mol. The van der Waals surface area contributed by atoms with Gasteiger partial charge < -0.3 is 11.1 Å². The number of carbonyl (C=O) groups excluding carboxylic acids is 1. The second kappa shape index (κ2) is 6.74. The maximum absolute atomic E-state index is 12.1. The minimum absolute atomic E-state index is 0.0350. The molecule has 2 rings (SSSR count). The summed E-state index contributed by atoms with van der Waals surface area (Å²) < 4.78 is 0. The Morgan fingerprint density at radius 1 is 1.24 bits per heavy atom. The molecule has 0 aliphatic carbocycles. The zero-order valence-corrected chi connectivity index (χ0v) is 12.8.